The second kappa shape index (κ2) is 3.70. The van der Waals surface area contributed by atoms with E-state index in [1.807, 2.05) is 0 Å². The lowest BCUT2D eigenvalue weighted by Crippen LogP contribution is -2.18. The minimum atomic E-state index is -0.862. The van der Waals surface area contributed by atoms with E-state index in [0.29, 0.717) is 0 Å². The van der Waals surface area contributed by atoms with Gasteiger partial charge >= 0.3 is 10.8 Å². The van der Waals surface area contributed by atoms with Crippen molar-refractivity contribution < 1.29 is 14.6 Å². The highest BCUT2D eigenvalue weighted by molar-refractivity contribution is 5.84. The Morgan fingerprint density at radius 1 is 1.62 bits per heavy atom. The van der Waals surface area contributed by atoms with Gasteiger partial charge in [-0.05, 0) is 18.6 Å². The first-order chi connectivity index (χ1) is 6.15. The van der Waals surface area contributed by atoms with E-state index in [1.165, 1.54) is 12.3 Å². The molecule has 1 heterocycles. The van der Waals surface area contributed by atoms with Crippen LogP contribution in [-0.2, 0) is 4.84 Å². The summed E-state index contributed by atoms with van der Waals surface area (Å²) in [6.45, 7) is 1.74. The molecule has 1 aromatic rings. The molecule has 1 rings (SSSR count). The zero-order chi connectivity index (χ0) is 9.84. The van der Waals surface area contributed by atoms with Crippen LogP contribution in [0.15, 0.2) is 12.3 Å². The molecule has 0 atom stereocenters. The first-order valence-corrected chi connectivity index (χ1v) is 3.50. The molecule has 6 heteroatoms. The molecule has 68 valence electrons. The van der Waals surface area contributed by atoms with Crippen molar-refractivity contribution in [1.82, 2.24) is 10.2 Å². The van der Waals surface area contributed by atoms with Crippen molar-refractivity contribution >= 4 is 5.91 Å². The van der Waals surface area contributed by atoms with Crippen LogP contribution in [0.3, 0.4) is 0 Å². The number of nitrogens with zero attached hydrogens (tertiary/aromatic N) is 3. The third-order valence-electron chi connectivity index (χ3n) is 1.34. The van der Waals surface area contributed by atoms with E-state index in [-0.39, 0.29) is 10.6 Å². The van der Waals surface area contributed by atoms with Gasteiger partial charge in [0.05, 0.1) is 11.1 Å². The monoisotopic (exact) mass is 182 g/mol. The summed E-state index contributed by atoms with van der Waals surface area (Å²) in [5.41, 5.74) is 0.722. The Morgan fingerprint density at radius 2 is 2.31 bits per heavy atom. The fraction of sp³-hybridized carbons (Fsp3) is 0.286. The number of aromatic nitrogens is 2. The van der Waals surface area contributed by atoms with Crippen molar-refractivity contribution in [2.75, 3.05) is 7.11 Å². The van der Waals surface area contributed by atoms with E-state index in [4.69, 9.17) is 0 Å². The molecule has 6 nitrogen and oxygen atoms in total. The lowest BCUT2D eigenvalue weighted by Gasteiger charge is -1.90. The molecule has 0 aliphatic rings. The molecule has 0 radical (unpaired) electrons. The van der Waals surface area contributed by atoms with Gasteiger partial charge in [-0.3, -0.25) is 0 Å². The Bertz CT molecular complexity index is 351. The van der Waals surface area contributed by atoms with Gasteiger partial charge in [0.1, 0.15) is 0 Å². The number of aryl methyl sites for hydroxylation is 1. The molecule has 0 aliphatic heterocycles. The SMILES string of the molecule is CO[N+](=O)C(=O)c1cc(C)cnn1. The Kier molecular flexibility index (Phi) is 2.63. The molecular formula is C7H8N3O3+. The maximum atomic E-state index is 11.1. The second-order valence-corrected chi connectivity index (χ2v) is 2.36. The standard InChI is InChI=1S/C7H8N3O3/c1-5-3-6(9-8-4-5)7(11)10(12)13-2/h3-4H,1-2H3/q+1. The predicted octanol–water partition coefficient (Wildman–Crippen LogP) is 0.266. The Balaban J connectivity index is 2.95. The van der Waals surface area contributed by atoms with E-state index in [2.05, 4.69) is 15.0 Å². The fourth-order valence-electron chi connectivity index (χ4n) is 0.745. The van der Waals surface area contributed by atoms with E-state index < -0.39 is 5.91 Å². The second-order valence-electron chi connectivity index (χ2n) is 2.36. The van der Waals surface area contributed by atoms with E-state index in [0.717, 1.165) is 12.7 Å². The molecule has 13 heavy (non-hydrogen) atoms. The van der Waals surface area contributed by atoms with Crippen molar-refractivity contribution in [2.45, 2.75) is 6.92 Å². The highest BCUT2D eigenvalue weighted by atomic mass is 16.8. The van der Waals surface area contributed by atoms with E-state index in [9.17, 15) is 9.70 Å². The first-order valence-electron chi connectivity index (χ1n) is 3.50. The molecule has 0 saturated carbocycles. The van der Waals surface area contributed by atoms with Gasteiger partial charge in [-0.1, -0.05) is 0 Å². The van der Waals surface area contributed by atoms with E-state index in [1.54, 1.807) is 6.92 Å². The summed E-state index contributed by atoms with van der Waals surface area (Å²) in [6, 6.07) is 1.46. The largest absolute Gasteiger partial charge is 0.542 e. The Hall–Kier alpha value is -1.85. The number of hydrogen-bond donors (Lipinski definition) is 0. The molecular weight excluding hydrogens is 174 g/mol. The average molecular weight is 182 g/mol. The number of carbonyl (C=O) groups is 1. The molecule has 0 N–H and O–H groups in total. The summed E-state index contributed by atoms with van der Waals surface area (Å²) < 4.78 is 0. The summed E-state index contributed by atoms with van der Waals surface area (Å²) in [6.07, 6.45) is 1.48. The molecule has 0 aromatic carbocycles. The number of rotatable bonds is 2. The van der Waals surface area contributed by atoms with Crippen molar-refractivity contribution in [2.24, 2.45) is 0 Å². The maximum Gasteiger partial charge on any atom is 0.542 e. The van der Waals surface area contributed by atoms with Crippen LogP contribution in [0.2, 0.25) is 0 Å². The third-order valence-corrected chi connectivity index (χ3v) is 1.34. The minimum absolute atomic E-state index is 0.0307. The molecule has 0 spiro atoms. The molecule has 0 bridgehead atoms. The quantitative estimate of drug-likeness (QED) is 0.613. The van der Waals surface area contributed by atoms with Crippen LogP contribution in [0.25, 0.3) is 0 Å². The van der Waals surface area contributed by atoms with Crippen LogP contribution in [0, 0.1) is 11.8 Å². The van der Waals surface area contributed by atoms with Gasteiger partial charge in [-0.25, -0.2) is 9.63 Å². The van der Waals surface area contributed by atoms with Crippen LogP contribution in [0.1, 0.15) is 16.1 Å². The highest BCUT2D eigenvalue weighted by Crippen LogP contribution is 1.99. The summed E-state index contributed by atoms with van der Waals surface area (Å²) >= 11 is 0. The van der Waals surface area contributed by atoms with Crippen LogP contribution < -0.4 is 0 Å². The summed E-state index contributed by atoms with van der Waals surface area (Å²) in [5, 5.41) is 7.02. The predicted molar refractivity (Wildman–Crippen MR) is 41.7 cm³/mol. The van der Waals surface area contributed by atoms with Crippen molar-refractivity contribution in [3.63, 3.8) is 0 Å². The summed E-state index contributed by atoms with van der Waals surface area (Å²) in [5.74, 6) is -0.862. The molecule has 0 fully saturated rings. The fourth-order valence-corrected chi connectivity index (χ4v) is 0.745. The van der Waals surface area contributed by atoms with E-state index >= 15 is 0 Å². The van der Waals surface area contributed by atoms with Crippen molar-refractivity contribution in [3.05, 3.63) is 28.4 Å². The lowest BCUT2D eigenvalue weighted by molar-refractivity contribution is -0.722. The molecule has 0 aliphatic carbocycles. The highest BCUT2D eigenvalue weighted by Gasteiger charge is 2.28. The van der Waals surface area contributed by atoms with Gasteiger partial charge < -0.3 is 0 Å². The smallest absolute Gasteiger partial charge is 0.227 e. The van der Waals surface area contributed by atoms with Crippen LogP contribution in [0.5, 0.6) is 0 Å². The average Bonchev–Trinajstić information content (AvgIpc) is 2.15. The maximum absolute atomic E-state index is 11.1. The minimum Gasteiger partial charge on any atom is -0.227 e. The van der Waals surface area contributed by atoms with Crippen molar-refractivity contribution in [1.29, 1.82) is 0 Å². The van der Waals surface area contributed by atoms with Crippen LogP contribution in [0.4, 0.5) is 0 Å². The molecule has 1 amide bonds. The topological polar surface area (TPSA) is 72.2 Å². The van der Waals surface area contributed by atoms with Gasteiger partial charge in [0, 0.05) is 0 Å². The van der Waals surface area contributed by atoms with Gasteiger partial charge in [-0.15, -0.1) is 5.10 Å². The van der Waals surface area contributed by atoms with Gasteiger partial charge in [0.25, 0.3) is 0 Å². The number of hydrogen-bond acceptors (Lipinski definition) is 5. The molecule has 1 aromatic heterocycles. The number of carbonyl (C=O) groups excluding carboxylic acids is 1. The number of amides is 1. The van der Waals surface area contributed by atoms with Gasteiger partial charge in [0.2, 0.25) is 5.69 Å². The summed E-state index contributed by atoms with van der Waals surface area (Å²) in [4.78, 5) is 25.8. The Labute approximate surface area is 74.1 Å². The normalized spacial score (nSPS) is 9.38. The van der Waals surface area contributed by atoms with Crippen LogP contribution >= 0.6 is 0 Å². The lowest BCUT2D eigenvalue weighted by atomic mass is 10.3. The zero-order valence-electron chi connectivity index (χ0n) is 7.22. The van der Waals surface area contributed by atoms with Crippen molar-refractivity contribution in [3.8, 4) is 0 Å². The Morgan fingerprint density at radius 3 is 2.85 bits per heavy atom. The van der Waals surface area contributed by atoms with Crippen LogP contribution in [-0.4, -0.2) is 28.1 Å². The zero-order valence-corrected chi connectivity index (χ0v) is 7.22. The van der Waals surface area contributed by atoms with Gasteiger partial charge in [-0.2, -0.15) is 5.10 Å². The molecule has 0 saturated heterocycles. The molecule has 0 unspecified atom stereocenters. The third kappa shape index (κ3) is 2.05. The first kappa shape index (κ1) is 9.24. The van der Waals surface area contributed by atoms with Gasteiger partial charge in [0.15, 0.2) is 7.11 Å². The summed E-state index contributed by atoms with van der Waals surface area (Å²) in [7, 11) is 1.11.